The minimum atomic E-state index is -4.91. The van der Waals surface area contributed by atoms with Crippen molar-refractivity contribution in [2.24, 2.45) is 0 Å². The molecule has 0 radical (unpaired) electrons. The largest absolute Gasteiger partial charge is 0.481 e. The van der Waals surface area contributed by atoms with Gasteiger partial charge in [-0.2, -0.15) is 13.2 Å². The summed E-state index contributed by atoms with van der Waals surface area (Å²) in [6.07, 6.45) is -8.89. The first-order chi connectivity index (χ1) is 8.12. The van der Waals surface area contributed by atoms with Crippen LogP contribution in [0.2, 0.25) is 0 Å². The maximum absolute atomic E-state index is 12.6. The number of rotatable bonds is 3. The van der Waals surface area contributed by atoms with Gasteiger partial charge < -0.3 is 5.11 Å². The van der Waals surface area contributed by atoms with E-state index in [-0.39, 0.29) is 0 Å². The number of hydrogen-bond donors (Lipinski definition) is 1. The predicted octanol–water partition coefficient (Wildman–Crippen LogP) is 3.27. The summed E-state index contributed by atoms with van der Waals surface area (Å²) in [5.74, 6) is -1.45. The van der Waals surface area contributed by atoms with E-state index < -0.39 is 45.5 Å². The van der Waals surface area contributed by atoms with Crippen molar-refractivity contribution in [3.63, 3.8) is 0 Å². The Morgan fingerprint density at radius 3 is 2.39 bits per heavy atom. The second-order valence-corrected chi connectivity index (χ2v) is 4.31. The number of alkyl halides is 5. The van der Waals surface area contributed by atoms with Crippen LogP contribution in [0.4, 0.5) is 22.0 Å². The summed E-state index contributed by atoms with van der Waals surface area (Å²) in [5, 5.41) is 8.45. The molecule has 0 saturated heterocycles. The zero-order chi connectivity index (χ0) is 14.1. The lowest BCUT2D eigenvalue weighted by molar-refractivity contribution is -0.142. The third kappa shape index (κ3) is 3.50. The molecule has 18 heavy (non-hydrogen) atoms. The molecule has 0 atom stereocenters. The van der Waals surface area contributed by atoms with Crippen molar-refractivity contribution < 1.29 is 31.9 Å². The van der Waals surface area contributed by atoms with E-state index in [4.69, 9.17) is 5.11 Å². The summed E-state index contributed by atoms with van der Waals surface area (Å²) >= 11 is 1.12. The first kappa shape index (κ1) is 15.1. The Balaban J connectivity index is 3.42. The van der Waals surface area contributed by atoms with Gasteiger partial charge in [-0.3, -0.25) is 4.79 Å². The predicted molar refractivity (Wildman–Crippen MR) is 58.3 cm³/mol. The molecule has 0 bridgehead atoms. The van der Waals surface area contributed by atoms with E-state index >= 15 is 0 Å². The van der Waals surface area contributed by atoms with E-state index in [0.717, 1.165) is 22.6 Å². The van der Waals surface area contributed by atoms with Crippen molar-refractivity contribution in [3.05, 3.63) is 26.6 Å². The number of carboxylic acid groups (broad SMARTS) is 1. The van der Waals surface area contributed by atoms with Crippen LogP contribution in [-0.2, 0) is 17.4 Å². The van der Waals surface area contributed by atoms with Gasteiger partial charge in [-0.15, -0.1) is 0 Å². The van der Waals surface area contributed by atoms with Gasteiger partial charge in [-0.25, -0.2) is 13.8 Å². The number of pyridine rings is 1. The number of halogens is 6. The molecule has 0 aliphatic heterocycles. The van der Waals surface area contributed by atoms with E-state index in [9.17, 15) is 26.7 Å². The van der Waals surface area contributed by atoms with E-state index in [1.54, 1.807) is 0 Å². The zero-order valence-corrected chi connectivity index (χ0v) is 10.6. The van der Waals surface area contributed by atoms with Gasteiger partial charge in [0, 0.05) is 5.56 Å². The van der Waals surface area contributed by atoms with Crippen LogP contribution in [0.5, 0.6) is 0 Å². The molecule has 100 valence electrons. The highest BCUT2D eigenvalue weighted by molar-refractivity contribution is 14.1. The third-order valence-electron chi connectivity index (χ3n) is 1.87. The highest BCUT2D eigenvalue weighted by Gasteiger charge is 2.37. The Kier molecular flexibility index (Phi) is 4.46. The molecular weight excluding hydrogens is 376 g/mol. The molecule has 0 aliphatic carbocycles. The molecule has 3 nitrogen and oxygen atoms in total. The van der Waals surface area contributed by atoms with Crippen LogP contribution in [0.3, 0.4) is 0 Å². The first-order valence-electron chi connectivity index (χ1n) is 4.39. The van der Waals surface area contributed by atoms with Gasteiger partial charge in [0.05, 0.1) is 15.7 Å². The summed E-state index contributed by atoms with van der Waals surface area (Å²) in [4.78, 5) is 13.5. The average Bonchev–Trinajstić information content (AvgIpc) is 2.17. The normalized spacial score (nSPS) is 11.9. The Hall–Kier alpha value is -1.00. The monoisotopic (exact) mass is 381 g/mol. The van der Waals surface area contributed by atoms with Gasteiger partial charge in [0.15, 0.2) is 5.69 Å². The number of aliphatic carboxylic acids is 1. The summed E-state index contributed by atoms with van der Waals surface area (Å²) < 4.78 is 62.1. The minimum Gasteiger partial charge on any atom is -0.481 e. The number of carbonyl (C=O) groups is 1. The Morgan fingerprint density at radius 2 is 2.00 bits per heavy atom. The first-order valence-corrected chi connectivity index (χ1v) is 5.47. The maximum atomic E-state index is 12.6. The third-order valence-corrected chi connectivity index (χ3v) is 3.01. The molecule has 9 heteroatoms. The lowest BCUT2D eigenvalue weighted by atomic mass is 10.1. The molecule has 0 aliphatic rings. The molecule has 1 heterocycles. The average molecular weight is 381 g/mol. The summed E-state index contributed by atoms with van der Waals surface area (Å²) in [6, 6.07) is 0.676. The highest BCUT2D eigenvalue weighted by atomic mass is 127. The lowest BCUT2D eigenvalue weighted by Crippen LogP contribution is -2.16. The summed E-state index contributed by atoms with van der Waals surface area (Å²) in [7, 11) is 0. The van der Waals surface area contributed by atoms with Gasteiger partial charge >= 0.3 is 12.1 Å². The van der Waals surface area contributed by atoms with Crippen LogP contribution in [0, 0.1) is 3.57 Å². The molecule has 0 unspecified atom stereocenters. The van der Waals surface area contributed by atoms with Crippen LogP contribution < -0.4 is 0 Å². The van der Waals surface area contributed by atoms with Gasteiger partial charge in [0.2, 0.25) is 0 Å². The van der Waals surface area contributed by atoms with Gasteiger partial charge in [-0.05, 0) is 28.7 Å². The Morgan fingerprint density at radius 1 is 1.44 bits per heavy atom. The van der Waals surface area contributed by atoms with Crippen LogP contribution in [0.15, 0.2) is 6.07 Å². The highest BCUT2D eigenvalue weighted by Crippen LogP contribution is 2.36. The topological polar surface area (TPSA) is 50.2 Å². The molecular formula is C9H5F5INO2. The second-order valence-electron chi connectivity index (χ2n) is 3.23. The Bertz CT molecular complexity index is 475. The zero-order valence-electron chi connectivity index (χ0n) is 8.43. The molecule has 0 saturated carbocycles. The summed E-state index contributed by atoms with van der Waals surface area (Å²) in [5.41, 5.74) is -2.91. The van der Waals surface area contributed by atoms with E-state index in [2.05, 4.69) is 4.98 Å². The van der Waals surface area contributed by atoms with Crippen LogP contribution in [-0.4, -0.2) is 16.1 Å². The van der Waals surface area contributed by atoms with Crippen molar-refractivity contribution in [1.82, 2.24) is 4.98 Å². The Labute approximate surface area is 111 Å². The maximum Gasteiger partial charge on any atom is 0.434 e. The summed E-state index contributed by atoms with van der Waals surface area (Å²) in [6.45, 7) is 0. The molecule has 1 rings (SSSR count). The van der Waals surface area contributed by atoms with Crippen LogP contribution in [0.25, 0.3) is 0 Å². The fraction of sp³-hybridized carbons (Fsp3) is 0.333. The van der Waals surface area contributed by atoms with Crippen molar-refractivity contribution in [1.29, 1.82) is 0 Å². The fourth-order valence-corrected chi connectivity index (χ4v) is 2.01. The van der Waals surface area contributed by atoms with Gasteiger partial charge in [0.25, 0.3) is 6.43 Å². The van der Waals surface area contributed by atoms with Crippen molar-refractivity contribution in [3.8, 4) is 0 Å². The molecule has 1 aromatic heterocycles. The van der Waals surface area contributed by atoms with Crippen molar-refractivity contribution >= 4 is 28.6 Å². The van der Waals surface area contributed by atoms with Gasteiger partial charge in [0.1, 0.15) is 0 Å². The smallest absolute Gasteiger partial charge is 0.434 e. The second kappa shape index (κ2) is 5.33. The van der Waals surface area contributed by atoms with E-state index in [0.29, 0.717) is 6.07 Å². The molecule has 1 aromatic rings. The van der Waals surface area contributed by atoms with Crippen LogP contribution >= 0.6 is 22.6 Å². The van der Waals surface area contributed by atoms with Crippen molar-refractivity contribution in [2.45, 2.75) is 19.0 Å². The van der Waals surface area contributed by atoms with E-state index in [1.807, 2.05) is 0 Å². The molecule has 0 aromatic carbocycles. The fourth-order valence-electron chi connectivity index (χ4n) is 1.20. The standard InChI is InChI=1S/C9H5F5INO2/c10-8(11)4-1-3(2-5(17)18)16-7(6(4)15)9(12,13)14/h1,8H,2H2,(H,17,18). The van der Waals surface area contributed by atoms with E-state index in [1.165, 1.54) is 0 Å². The minimum absolute atomic E-state index is 0.550. The van der Waals surface area contributed by atoms with Crippen molar-refractivity contribution in [2.75, 3.05) is 0 Å². The van der Waals surface area contributed by atoms with Crippen LogP contribution in [0.1, 0.15) is 23.4 Å². The number of aromatic nitrogens is 1. The van der Waals surface area contributed by atoms with Gasteiger partial charge in [-0.1, -0.05) is 0 Å². The molecule has 0 spiro atoms. The number of hydrogen-bond acceptors (Lipinski definition) is 2. The lowest BCUT2D eigenvalue weighted by Gasteiger charge is -2.13. The SMILES string of the molecule is O=C(O)Cc1cc(C(F)F)c(I)c(C(F)(F)F)n1. The molecule has 0 amide bonds. The number of nitrogens with zero attached hydrogens (tertiary/aromatic N) is 1. The number of carboxylic acids is 1. The molecule has 1 N–H and O–H groups in total. The molecule has 0 fully saturated rings. The quantitative estimate of drug-likeness (QED) is 0.646.